The summed E-state index contributed by atoms with van der Waals surface area (Å²) in [7, 11) is 0. The van der Waals surface area contributed by atoms with Gasteiger partial charge in [-0.2, -0.15) is 4.98 Å². The molecule has 1 amide bonds. The molecule has 1 saturated heterocycles. The molecule has 1 aliphatic heterocycles. The number of hydrogen-bond acceptors (Lipinski definition) is 6. The highest BCUT2D eigenvalue weighted by Crippen LogP contribution is 2.49. The number of aromatic nitrogens is 2. The zero-order valence-corrected chi connectivity index (χ0v) is 18.5. The lowest BCUT2D eigenvalue weighted by atomic mass is 9.84. The second-order valence-electron chi connectivity index (χ2n) is 10.5. The predicted octanol–water partition coefficient (Wildman–Crippen LogP) is 2.43. The van der Waals surface area contributed by atoms with Crippen molar-refractivity contribution in [2.75, 3.05) is 32.7 Å². The molecule has 1 aromatic heterocycles. The third-order valence-corrected chi connectivity index (χ3v) is 7.13. The van der Waals surface area contributed by atoms with E-state index in [-0.39, 0.29) is 11.3 Å². The minimum Gasteiger partial charge on any atom is -0.352 e. The monoisotopic (exact) mass is 403 g/mol. The molecule has 2 heterocycles. The van der Waals surface area contributed by atoms with Crippen LogP contribution in [0.3, 0.4) is 0 Å². The van der Waals surface area contributed by atoms with E-state index < -0.39 is 0 Å². The summed E-state index contributed by atoms with van der Waals surface area (Å²) in [6.45, 7) is 13.3. The van der Waals surface area contributed by atoms with Crippen LogP contribution in [-0.2, 0) is 16.8 Å². The second-order valence-corrected chi connectivity index (χ2v) is 10.5. The van der Waals surface area contributed by atoms with Crippen LogP contribution < -0.4 is 5.32 Å². The SMILES string of the molecule is C[C@@H](NC(=O)CN1CCN(Cc2noc(C(C)(C)C)n2)CC1)[C@@H]1C[C@H]2CC[C@H]1C2. The Bertz CT molecular complexity index is 704. The number of rotatable bonds is 6. The van der Waals surface area contributed by atoms with Crippen LogP contribution in [0.4, 0.5) is 0 Å². The fraction of sp³-hybridized carbons (Fsp3) is 0.864. The molecule has 3 aliphatic rings. The lowest BCUT2D eigenvalue weighted by molar-refractivity contribution is -0.123. The summed E-state index contributed by atoms with van der Waals surface area (Å²) in [4.78, 5) is 21.7. The molecular formula is C22H37N5O2. The van der Waals surface area contributed by atoms with Gasteiger partial charge in [0.05, 0.1) is 13.1 Å². The van der Waals surface area contributed by atoms with E-state index in [4.69, 9.17) is 4.52 Å². The first-order valence-electron chi connectivity index (χ1n) is 11.3. The number of nitrogens with zero attached hydrogens (tertiary/aromatic N) is 4. The van der Waals surface area contributed by atoms with Crippen molar-refractivity contribution in [2.24, 2.45) is 17.8 Å². The summed E-state index contributed by atoms with van der Waals surface area (Å²) in [6.07, 6.45) is 5.49. The highest BCUT2D eigenvalue weighted by atomic mass is 16.5. The molecule has 1 N–H and O–H groups in total. The molecule has 3 fully saturated rings. The van der Waals surface area contributed by atoms with Crippen molar-refractivity contribution < 1.29 is 9.32 Å². The fourth-order valence-electron chi connectivity index (χ4n) is 5.44. The van der Waals surface area contributed by atoms with Crippen LogP contribution >= 0.6 is 0 Å². The van der Waals surface area contributed by atoms with Crippen LogP contribution in [0.15, 0.2) is 4.52 Å². The zero-order valence-electron chi connectivity index (χ0n) is 18.5. The molecule has 4 rings (SSSR count). The van der Waals surface area contributed by atoms with Crippen LogP contribution in [0.5, 0.6) is 0 Å². The highest BCUT2D eigenvalue weighted by Gasteiger charge is 2.42. The number of carbonyl (C=O) groups excluding carboxylic acids is 1. The van der Waals surface area contributed by atoms with Gasteiger partial charge in [-0.25, -0.2) is 0 Å². The Morgan fingerprint density at radius 1 is 1.17 bits per heavy atom. The van der Waals surface area contributed by atoms with Crippen LogP contribution in [0, 0.1) is 17.8 Å². The largest absolute Gasteiger partial charge is 0.352 e. The van der Waals surface area contributed by atoms with Gasteiger partial charge in [0.2, 0.25) is 11.8 Å². The standard InChI is InChI=1S/C22H37N5O2/c1-15(18-12-16-5-6-17(18)11-16)23-20(28)14-27-9-7-26(8-10-27)13-19-24-21(29-25-19)22(2,3)4/h15-18H,5-14H2,1-4H3,(H,23,28)/t15-,16+,17+,18+/m1/s1. The molecule has 29 heavy (non-hydrogen) atoms. The minimum absolute atomic E-state index is 0.119. The molecule has 162 valence electrons. The Labute approximate surface area is 174 Å². The van der Waals surface area contributed by atoms with Crippen molar-refractivity contribution in [1.29, 1.82) is 0 Å². The first kappa shape index (κ1) is 20.8. The molecule has 0 radical (unpaired) electrons. The first-order valence-corrected chi connectivity index (χ1v) is 11.3. The van der Waals surface area contributed by atoms with Gasteiger partial charge >= 0.3 is 0 Å². The Balaban J connectivity index is 1.18. The van der Waals surface area contributed by atoms with Gasteiger partial charge in [0.25, 0.3) is 0 Å². The fourth-order valence-corrected chi connectivity index (χ4v) is 5.44. The van der Waals surface area contributed by atoms with Crippen molar-refractivity contribution in [3.05, 3.63) is 11.7 Å². The maximum Gasteiger partial charge on any atom is 0.234 e. The van der Waals surface area contributed by atoms with Gasteiger partial charge in [-0.1, -0.05) is 32.3 Å². The summed E-state index contributed by atoms with van der Waals surface area (Å²) in [6, 6.07) is 0.314. The molecule has 2 bridgehead atoms. The molecule has 4 atom stereocenters. The summed E-state index contributed by atoms with van der Waals surface area (Å²) in [5.41, 5.74) is -0.119. The molecule has 0 aromatic carbocycles. The normalized spacial score (nSPS) is 29.3. The molecule has 7 heteroatoms. The highest BCUT2D eigenvalue weighted by molar-refractivity contribution is 5.78. The van der Waals surface area contributed by atoms with Crippen LogP contribution in [0.2, 0.25) is 0 Å². The van der Waals surface area contributed by atoms with Crippen LogP contribution in [0.1, 0.15) is 65.1 Å². The zero-order chi connectivity index (χ0) is 20.6. The van der Waals surface area contributed by atoms with Crippen molar-refractivity contribution >= 4 is 5.91 Å². The van der Waals surface area contributed by atoms with E-state index in [0.717, 1.165) is 43.8 Å². The number of amides is 1. The number of fused-ring (bicyclic) bond motifs is 2. The number of hydrogen-bond donors (Lipinski definition) is 1. The summed E-state index contributed by atoms with van der Waals surface area (Å²) >= 11 is 0. The topological polar surface area (TPSA) is 74.5 Å². The van der Waals surface area contributed by atoms with Crippen LogP contribution in [-0.4, -0.2) is 64.6 Å². The average Bonchev–Trinajstić information content (AvgIpc) is 3.39. The molecule has 0 unspecified atom stereocenters. The smallest absolute Gasteiger partial charge is 0.234 e. The van der Waals surface area contributed by atoms with E-state index in [9.17, 15) is 4.79 Å². The third-order valence-electron chi connectivity index (χ3n) is 7.13. The van der Waals surface area contributed by atoms with Crippen molar-refractivity contribution in [2.45, 2.75) is 71.4 Å². The molecule has 2 saturated carbocycles. The van der Waals surface area contributed by atoms with Crippen molar-refractivity contribution in [3.63, 3.8) is 0 Å². The Morgan fingerprint density at radius 3 is 2.48 bits per heavy atom. The molecule has 1 aromatic rings. The van der Waals surface area contributed by atoms with E-state index in [1.807, 2.05) is 0 Å². The molecule has 7 nitrogen and oxygen atoms in total. The maximum absolute atomic E-state index is 12.6. The lowest BCUT2D eigenvalue weighted by Gasteiger charge is -2.34. The first-order chi connectivity index (χ1) is 13.8. The van der Waals surface area contributed by atoms with Crippen molar-refractivity contribution in [1.82, 2.24) is 25.3 Å². The summed E-state index contributed by atoms with van der Waals surface area (Å²) < 4.78 is 5.39. The Hall–Kier alpha value is -1.47. The Morgan fingerprint density at radius 2 is 1.90 bits per heavy atom. The lowest BCUT2D eigenvalue weighted by Crippen LogP contribution is -2.51. The average molecular weight is 404 g/mol. The van der Waals surface area contributed by atoms with E-state index in [0.29, 0.717) is 30.9 Å². The number of nitrogens with one attached hydrogen (secondary N) is 1. The number of carbonyl (C=O) groups is 1. The number of piperazine rings is 1. The van der Waals surface area contributed by atoms with Gasteiger partial charge < -0.3 is 9.84 Å². The quantitative estimate of drug-likeness (QED) is 0.786. The Kier molecular flexibility index (Phi) is 5.98. The predicted molar refractivity (Wildman–Crippen MR) is 111 cm³/mol. The van der Waals surface area contributed by atoms with E-state index in [1.54, 1.807) is 0 Å². The third kappa shape index (κ3) is 5.00. The molecule has 0 spiro atoms. The summed E-state index contributed by atoms with van der Waals surface area (Å²) in [5, 5.41) is 7.42. The van der Waals surface area contributed by atoms with E-state index in [1.165, 1.54) is 25.7 Å². The van der Waals surface area contributed by atoms with E-state index >= 15 is 0 Å². The second kappa shape index (κ2) is 8.34. The minimum atomic E-state index is -0.119. The van der Waals surface area contributed by atoms with Gasteiger partial charge in [0.1, 0.15) is 0 Å². The van der Waals surface area contributed by atoms with E-state index in [2.05, 4.69) is 53.0 Å². The van der Waals surface area contributed by atoms with Gasteiger partial charge in [0.15, 0.2) is 5.82 Å². The summed E-state index contributed by atoms with van der Waals surface area (Å²) in [5.74, 6) is 4.09. The van der Waals surface area contributed by atoms with Gasteiger partial charge in [0, 0.05) is 37.6 Å². The van der Waals surface area contributed by atoms with Crippen LogP contribution in [0.25, 0.3) is 0 Å². The van der Waals surface area contributed by atoms with Gasteiger partial charge in [-0.15, -0.1) is 0 Å². The maximum atomic E-state index is 12.6. The van der Waals surface area contributed by atoms with Gasteiger partial charge in [-0.05, 0) is 43.9 Å². The molecular weight excluding hydrogens is 366 g/mol. The molecule has 2 aliphatic carbocycles. The van der Waals surface area contributed by atoms with Gasteiger partial charge in [-0.3, -0.25) is 14.6 Å². The van der Waals surface area contributed by atoms with Crippen molar-refractivity contribution in [3.8, 4) is 0 Å².